The van der Waals surface area contributed by atoms with Crippen LogP contribution in [-0.4, -0.2) is 45.9 Å². The Kier molecular flexibility index (Phi) is 6.21. The Bertz CT molecular complexity index is 1170. The zero-order chi connectivity index (χ0) is 22.7. The average molecular weight is 429 g/mol. The number of aryl methyl sites for hydroxylation is 1. The molecule has 1 unspecified atom stereocenters. The van der Waals surface area contributed by atoms with E-state index >= 15 is 0 Å². The van der Waals surface area contributed by atoms with E-state index in [1.807, 2.05) is 64.9 Å². The second-order valence-electron chi connectivity index (χ2n) is 8.17. The fraction of sp³-hybridized carbons (Fsp3) is 0.269. The summed E-state index contributed by atoms with van der Waals surface area (Å²) in [6.45, 7) is 11.1. The van der Waals surface area contributed by atoms with Crippen LogP contribution in [0.4, 0.5) is 5.69 Å². The summed E-state index contributed by atoms with van der Waals surface area (Å²) in [5.74, 6) is 0.732. The van der Waals surface area contributed by atoms with Gasteiger partial charge in [-0.25, -0.2) is 4.98 Å². The summed E-state index contributed by atoms with van der Waals surface area (Å²) >= 11 is 0. The van der Waals surface area contributed by atoms with Crippen LogP contribution in [0.25, 0.3) is 11.0 Å². The number of nitrogens with zero attached hydrogens (tertiary/aromatic N) is 4. The van der Waals surface area contributed by atoms with E-state index in [0.717, 1.165) is 28.1 Å². The van der Waals surface area contributed by atoms with Gasteiger partial charge in [0, 0.05) is 37.7 Å². The van der Waals surface area contributed by atoms with Gasteiger partial charge < -0.3 is 14.4 Å². The lowest BCUT2D eigenvalue weighted by molar-refractivity contribution is -0.130. The maximum absolute atomic E-state index is 13.1. The van der Waals surface area contributed by atoms with Crippen LogP contribution in [0.2, 0.25) is 0 Å². The minimum Gasteiger partial charge on any atom is -0.334 e. The fourth-order valence-electron chi connectivity index (χ4n) is 4.32. The molecule has 1 saturated heterocycles. The van der Waals surface area contributed by atoms with E-state index < -0.39 is 0 Å². The minimum atomic E-state index is -0.0875. The third kappa shape index (κ3) is 4.21. The maximum Gasteiger partial charge on any atom is 0.243 e. The van der Waals surface area contributed by atoms with Crippen LogP contribution in [0.15, 0.2) is 73.8 Å². The van der Waals surface area contributed by atoms with Crippen molar-refractivity contribution in [1.82, 2.24) is 14.5 Å². The highest BCUT2D eigenvalue weighted by atomic mass is 16.2. The molecule has 0 bridgehead atoms. The number of rotatable bonds is 8. The van der Waals surface area contributed by atoms with Crippen LogP contribution >= 0.6 is 0 Å². The lowest BCUT2D eigenvalue weighted by Crippen LogP contribution is -2.34. The van der Waals surface area contributed by atoms with Gasteiger partial charge in [0.05, 0.1) is 11.0 Å². The summed E-state index contributed by atoms with van der Waals surface area (Å²) in [5, 5.41) is 0. The van der Waals surface area contributed by atoms with Crippen LogP contribution in [-0.2, 0) is 16.1 Å². The third-order valence-electron chi connectivity index (χ3n) is 5.83. The van der Waals surface area contributed by atoms with Crippen LogP contribution in [0.1, 0.15) is 23.7 Å². The quantitative estimate of drug-likeness (QED) is 0.508. The number of amides is 2. The molecule has 6 heteroatoms. The van der Waals surface area contributed by atoms with Gasteiger partial charge in [-0.1, -0.05) is 36.4 Å². The van der Waals surface area contributed by atoms with Gasteiger partial charge in [0.15, 0.2) is 0 Å². The van der Waals surface area contributed by atoms with Crippen molar-refractivity contribution in [3.05, 3.63) is 85.2 Å². The Labute approximate surface area is 188 Å². The van der Waals surface area contributed by atoms with E-state index in [0.29, 0.717) is 26.1 Å². The Morgan fingerprint density at radius 3 is 2.62 bits per heavy atom. The van der Waals surface area contributed by atoms with Crippen molar-refractivity contribution in [2.45, 2.75) is 25.8 Å². The molecule has 0 saturated carbocycles. The van der Waals surface area contributed by atoms with Gasteiger partial charge >= 0.3 is 0 Å². The van der Waals surface area contributed by atoms with E-state index in [9.17, 15) is 9.59 Å². The molecule has 164 valence electrons. The second-order valence-corrected chi connectivity index (χ2v) is 8.17. The van der Waals surface area contributed by atoms with Crippen molar-refractivity contribution in [2.75, 3.05) is 24.5 Å². The van der Waals surface area contributed by atoms with Gasteiger partial charge in [-0.2, -0.15) is 0 Å². The number of hydrogen-bond acceptors (Lipinski definition) is 3. The molecule has 2 amide bonds. The molecule has 6 nitrogen and oxygen atoms in total. The van der Waals surface area contributed by atoms with Gasteiger partial charge in [-0.05, 0) is 36.8 Å². The molecule has 0 radical (unpaired) electrons. The van der Waals surface area contributed by atoms with Crippen molar-refractivity contribution in [3.8, 4) is 0 Å². The molecule has 32 heavy (non-hydrogen) atoms. The molecule has 1 atom stereocenters. The van der Waals surface area contributed by atoms with Gasteiger partial charge in [0.2, 0.25) is 11.8 Å². The highest BCUT2D eigenvalue weighted by Gasteiger charge is 2.35. The van der Waals surface area contributed by atoms with Crippen LogP contribution in [0.5, 0.6) is 0 Å². The number of aromatic nitrogens is 2. The topological polar surface area (TPSA) is 58.4 Å². The summed E-state index contributed by atoms with van der Waals surface area (Å²) in [4.78, 5) is 34.4. The van der Waals surface area contributed by atoms with Crippen molar-refractivity contribution in [2.24, 2.45) is 0 Å². The summed E-state index contributed by atoms with van der Waals surface area (Å²) in [5.41, 5.74) is 3.74. The number of carbonyl (C=O) groups is 2. The Hall–Kier alpha value is -3.67. The van der Waals surface area contributed by atoms with Crippen molar-refractivity contribution >= 4 is 28.5 Å². The van der Waals surface area contributed by atoms with Crippen molar-refractivity contribution < 1.29 is 9.59 Å². The Balaban J connectivity index is 1.67. The lowest BCUT2D eigenvalue weighted by Gasteiger charge is -2.21. The van der Waals surface area contributed by atoms with Crippen LogP contribution in [0.3, 0.4) is 0 Å². The lowest BCUT2D eigenvalue weighted by atomic mass is 10.1. The number of imidazole rings is 1. The number of carbonyl (C=O) groups excluding carboxylic acids is 2. The summed E-state index contributed by atoms with van der Waals surface area (Å²) in [7, 11) is 0. The van der Waals surface area contributed by atoms with Gasteiger partial charge in [-0.3, -0.25) is 9.59 Å². The van der Waals surface area contributed by atoms with Gasteiger partial charge in [-0.15, -0.1) is 13.2 Å². The Morgan fingerprint density at radius 1 is 1.16 bits per heavy atom. The van der Waals surface area contributed by atoms with Crippen molar-refractivity contribution in [1.29, 1.82) is 0 Å². The molecule has 0 N–H and O–H groups in total. The molecule has 1 aromatic heterocycles. The molecular weight excluding hydrogens is 400 g/mol. The fourth-order valence-corrected chi connectivity index (χ4v) is 4.32. The molecule has 0 spiro atoms. The van der Waals surface area contributed by atoms with E-state index in [1.165, 1.54) is 0 Å². The van der Waals surface area contributed by atoms with E-state index in [1.54, 1.807) is 17.1 Å². The molecule has 2 aromatic carbocycles. The highest BCUT2D eigenvalue weighted by Crippen LogP contribution is 2.33. The van der Waals surface area contributed by atoms with Gasteiger partial charge in [0.25, 0.3) is 0 Å². The average Bonchev–Trinajstić information content (AvgIpc) is 3.34. The number of hydrogen-bond donors (Lipinski definition) is 0. The van der Waals surface area contributed by atoms with Crippen molar-refractivity contribution in [3.63, 3.8) is 0 Å². The van der Waals surface area contributed by atoms with E-state index in [-0.39, 0.29) is 24.3 Å². The molecule has 1 aliphatic heterocycles. The number of anilines is 1. The highest BCUT2D eigenvalue weighted by molar-refractivity contribution is 5.96. The number of fused-ring (bicyclic) bond motifs is 1. The molecule has 0 aliphatic carbocycles. The minimum absolute atomic E-state index is 0.0333. The summed E-state index contributed by atoms with van der Waals surface area (Å²) < 4.78 is 1.97. The van der Waals surface area contributed by atoms with Crippen LogP contribution < -0.4 is 4.90 Å². The predicted octanol–water partition coefficient (Wildman–Crippen LogP) is 4.07. The molecule has 3 aromatic rings. The third-order valence-corrected chi connectivity index (χ3v) is 5.83. The summed E-state index contributed by atoms with van der Waals surface area (Å²) in [6.07, 6.45) is 3.79. The maximum atomic E-state index is 13.1. The first-order chi connectivity index (χ1) is 15.5. The standard InChI is InChI=1S/C26H28N4O2/c1-4-13-28(14-5-2)25(32)18-30-23-12-7-6-11-22(23)27-26(30)20-16-24(31)29(17-20)21-10-8-9-19(3)15-21/h4-12,15,20H,1-2,13-14,16-18H2,3H3. The first-order valence-electron chi connectivity index (χ1n) is 10.8. The molecule has 2 heterocycles. The SMILES string of the molecule is C=CCN(CC=C)C(=O)Cn1c(C2CC(=O)N(c3cccc(C)c3)C2)nc2ccccc21. The smallest absolute Gasteiger partial charge is 0.243 e. The van der Waals surface area contributed by atoms with Gasteiger partial charge in [0.1, 0.15) is 12.4 Å². The molecule has 1 fully saturated rings. The van der Waals surface area contributed by atoms with Crippen LogP contribution in [0, 0.1) is 6.92 Å². The zero-order valence-corrected chi connectivity index (χ0v) is 18.4. The first-order valence-corrected chi connectivity index (χ1v) is 10.8. The summed E-state index contributed by atoms with van der Waals surface area (Å²) in [6, 6.07) is 15.8. The number of benzene rings is 2. The molecular formula is C26H28N4O2. The second kappa shape index (κ2) is 9.22. The number of para-hydroxylation sites is 2. The largest absolute Gasteiger partial charge is 0.334 e. The first kappa shape index (κ1) is 21.6. The predicted molar refractivity (Wildman–Crippen MR) is 128 cm³/mol. The zero-order valence-electron chi connectivity index (χ0n) is 18.4. The monoisotopic (exact) mass is 428 g/mol. The molecule has 1 aliphatic rings. The van der Waals surface area contributed by atoms with E-state index in [2.05, 4.69) is 13.2 Å². The normalized spacial score (nSPS) is 15.8. The Morgan fingerprint density at radius 2 is 1.91 bits per heavy atom. The van der Waals surface area contributed by atoms with E-state index in [4.69, 9.17) is 4.98 Å². The molecule has 4 rings (SSSR count).